The highest BCUT2D eigenvalue weighted by Crippen LogP contribution is 2.58. The standard InChI is InChI=1S/C27H22N2O2S2/c1-6-15-24-17(8-1)26(33-32-24)18-9-7-12-21(29-16-28-19-10-2-3-11-20(19)29)25(18)27-30-22-13-4-5-14-23(22)31-27/h1-9,11-15,19,26-28H,10,16H2. The van der Waals surface area contributed by atoms with Crippen molar-refractivity contribution in [1.82, 2.24) is 5.32 Å². The summed E-state index contributed by atoms with van der Waals surface area (Å²) in [6, 6.07) is 23.6. The normalized spacial score (nSPS) is 22.9. The van der Waals surface area contributed by atoms with Gasteiger partial charge in [0.15, 0.2) is 11.5 Å². The highest BCUT2D eigenvalue weighted by Gasteiger charge is 2.38. The minimum Gasteiger partial charge on any atom is -0.447 e. The van der Waals surface area contributed by atoms with Gasteiger partial charge >= 0.3 is 0 Å². The zero-order chi connectivity index (χ0) is 21.8. The Morgan fingerprint density at radius 3 is 2.55 bits per heavy atom. The van der Waals surface area contributed by atoms with Crippen LogP contribution in [-0.4, -0.2) is 12.7 Å². The van der Waals surface area contributed by atoms with Gasteiger partial charge in [-0.2, -0.15) is 0 Å². The molecule has 2 atom stereocenters. The Morgan fingerprint density at radius 1 is 0.879 bits per heavy atom. The van der Waals surface area contributed by atoms with Gasteiger partial charge in [0.05, 0.1) is 29.2 Å². The van der Waals surface area contributed by atoms with E-state index in [9.17, 15) is 0 Å². The summed E-state index contributed by atoms with van der Waals surface area (Å²) in [6.07, 6.45) is 7.15. The molecule has 0 radical (unpaired) electrons. The average molecular weight is 471 g/mol. The molecule has 1 aliphatic carbocycles. The van der Waals surface area contributed by atoms with Crippen LogP contribution in [0.3, 0.4) is 0 Å². The lowest BCUT2D eigenvalue weighted by Gasteiger charge is -2.29. The molecule has 4 aliphatic rings. The summed E-state index contributed by atoms with van der Waals surface area (Å²) in [6.45, 7) is 0.775. The van der Waals surface area contributed by atoms with Crippen LogP contribution >= 0.6 is 21.6 Å². The summed E-state index contributed by atoms with van der Waals surface area (Å²) >= 11 is 0. The fourth-order valence-electron chi connectivity index (χ4n) is 5.05. The number of nitrogens with one attached hydrogen (secondary N) is 1. The molecule has 3 aromatic carbocycles. The summed E-state index contributed by atoms with van der Waals surface area (Å²) < 4.78 is 12.8. The molecule has 33 heavy (non-hydrogen) atoms. The van der Waals surface area contributed by atoms with Gasteiger partial charge < -0.3 is 14.4 Å². The van der Waals surface area contributed by atoms with Crippen molar-refractivity contribution >= 4 is 27.3 Å². The second-order valence-electron chi connectivity index (χ2n) is 8.49. The third-order valence-electron chi connectivity index (χ3n) is 6.62. The van der Waals surface area contributed by atoms with E-state index in [0.29, 0.717) is 6.04 Å². The van der Waals surface area contributed by atoms with Crippen molar-refractivity contribution in [3.8, 4) is 11.5 Å². The van der Waals surface area contributed by atoms with Crippen molar-refractivity contribution in [3.63, 3.8) is 0 Å². The minimum atomic E-state index is -0.481. The minimum absolute atomic E-state index is 0.226. The quantitative estimate of drug-likeness (QED) is 0.436. The Morgan fingerprint density at radius 2 is 1.67 bits per heavy atom. The first-order chi connectivity index (χ1) is 16.4. The molecule has 0 saturated carbocycles. The maximum absolute atomic E-state index is 6.40. The molecule has 0 amide bonds. The molecule has 0 bridgehead atoms. The molecule has 7 rings (SSSR count). The summed E-state index contributed by atoms with van der Waals surface area (Å²) in [5, 5.41) is 3.89. The van der Waals surface area contributed by atoms with Gasteiger partial charge in [0.2, 0.25) is 0 Å². The zero-order valence-electron chi connectivity index (χ0n) is 17.8. The van der Waals surface area contributed by atoms with Gasteiger partial charge in [-0.1, -0.05) is 76.2 Å². The molecule has 6 heteroatoms. The molecule has 1 N–H and O–H groups in total. The van der Waals surface area contributed by atoms with Crippen LogP contribution in [0.4, 0.5) is 5.69 Å². The van der Waals surface area contributed by atoms with Gasteiger partial charge in [-0.25, -0.2) is 0 Å². The number of allylic oxidation sites excluding steroid dienone is 2. The van der Waals surface area contributed by atoms with E-state index < -0.39 is 6.29 Å². The van der Waals surface area contributed by atoms with E-state index in [4.69, 9.17) is 9.47 Å². The van der Waals surface area contributed by atoms with Crippen molar-refractivity contribution < 1.29 is 9.47 Å². The molecule has 1 fully saturated rings. The smallest absolute Gasteiger partial charge is 0.270 e. The Hall–Kier alpha value is -2.80. The molecule has 4 nitrogen and oxygen atoms in total. The van der Waals surface area contributed by atoms with Crippen molar-refractivity contribution in [2.75, 3.05) is 11.6 Å². The number of hydrogen-bond acceptors (Lipinski definition) is 6. The molecule has 3 aromatic rings. The van der Waals surface area contributed by atoms with Crippen molar-refractivity contribution in [1.29, 1.82) is 0 Å². The third kappa shape index (κ3) is 3.20. The van der Waals surface area contributed by atoms with Gasteiger partial charge in [0, 0.05) is 10.6 Å². The molecule has 0 spiro atoms. The largest absolute Gasteiger partial charge is 0.447 e. The third-order valence-corrected chi connectivity index (χ3v) is 9.37. The van der Waals surface area contributed by atoms with Crippen molar-refractivity contribution in [3.05, 3.63) is 107 Å². The van der Waals surface area contributed by atoms with Gasteiger partial charge in [0.1, 0.15) is 0 Å². The van der Waals surface area contributed by atoms with E-state index in [1.165, 1.54) is 21.7 Å². The van der Waals surface area contributed by atoms with E-state index in [2.05, 4.69) is 70.9 Å². The molecule has 164 valence electrons. The van der Waals surface area contributed by atoms with Crippen LogP contribution in [0.5, 0.6) is 11.5 Å². The second-order valence-corrected chi connectivity index (χ2v) is 10.8. The summed E-state index contributed by atoms with van der Waals surface area (Å²) in [7, 11) is 3.76. The topological polar surface area (TPSA) is 33.7 Å². The lowest BCUT2D eigenvalue weighted by atomic mass is 9.96. The average Bonchev–Trinajstić information content (AvgIpc) is 3.59. The highest BCUT2D eigenvalue weighted by atomic mass is 33.1. The molecule has 1 saturated heterocycles. The zero-order valence-corrected chi connectivity index (χ0v) is 19.4. The number of hydrogen-bond donors (Lipinski definition) is 1. The van der Waals surface area contributed by atoms with Crippen LogP contribution in [0.1, 0.15) is 34.7 Å². The Balaban J connectivity index is 1.38. The molecular formula is C27H22N2O2S2. The number of para-hydroxylation sites is 2. The first kappa shape index (κ1) is 19.6. The van der Waals surface area contributed by atoms with Crippen LogP contribution in [0.15, 0.2) is 95.6 Å². The summed E-state index contributed by atoms with van der Waals surface area (Å²) in [5.41, 5.74) is 6.18. The van der Waals surface area contributed by atoms with E-state index in [1.807, 2.05) is 45.9 Å². The number of benzene rings is 3. The molecule has 3 heterocycles. The SMILES string of the molecule is C1=CCC2NCN(c3cccc(C4SSc5ccccc54)c3C3Oc4ccccc4O3)C2=C1. The van der Waals surface area contributed by atoms with Crippen LogP contribution < -0.4 is 19.7 Å². The number of anilines is 1. The summed E-state index contributed by atoms with van der Waals surface area (Å²) in [5.74, 6) is 1.60. The number of ether oxygens (including phenoxy) is 2. The second kappa shape index (κ2) is 7.90. The van der Waals surface area contributed by atoms with Crippen LogP contribution in [0, 0.1) is 0 Å². The molecule has 0 aromatic heterocycles. The monoisotopic (exact) mass is 470 g/mol. The Labute approximate surface area is 201 Å². The van der Waals surface area contributed by atoms with Gasteiger partial charge in [-0.15, -0.1) is 0 Å². The van der Waals surface area contributed by atoms with Crippen LogP contribution in [0.25, 0.3) is 0 Å². The fourth-order valence-corrected chi connectivity index (χ4v) is 8.04. The number of rotatable bonds is 3. The van der Waals surface area contributed by atoms with Crippen LogP contribution in [-0.2, 0) is 0 Å². The predicted octanol–water partition coefficient (Wildman–Crippen LogP) is 6.58. The van der Waals surface area contributed by atoms with E-state index in [-0.39, 0.29) is 5.25 Å². The molecular weight excluding hydrogens is 448 g/mol. The Kier molecular flexibility index (Phi) is 4.71. The maximum atomic E-state index is 6.40. The first-order valence-corrected chi connectivity index (χ1v) is 13.4. The van der Waals surface area contributed by atoms with E-state index in [1.54, 1.807) is 0 Å². The van der Waals surface area contributed by atoms with Gasteiger partial charge in [0.25, 0.3) is 6.29 Å². The van der Waals surface area contributed by atoms with Crippen molar-refractivity contribution in [2.24, 2.45) is 0 Å². The maximum Gasteiger partial charge on any atom is 0.270 e. The summed E-state index contributed by atoms with van der Waals surface area (Å²) in [4.78, 5) is 3.73. The van der Waals surface area contributed by atoms with Gasteiger partial charge in [-0.05, 0) is 47.9 Å². The van der Waals surface area contributed by atoms with Gasteiger partial charge in [-0.3, -0.25) is 5.32 Å². The first-order valence-electron chi connectivity index (χ1n) is 11.2. The van der Waals surface area contributed by atoms with E-state index in [0.717, 1.165) is 35.8 Å². The number of nitrogens with zero attached hydrogens (tertiary/aromatic N) is 1. The Bertz CT molecular complexity index is 1280. The molecule has 2 unspecified atom stereocenters. The van der Waals surface area contributed by atoms with E-state index >= 15 is 0 Å². The van der Waals surface area contributed by atoms with Crippen LogP contribution in [0.2, 0.25) is 0 Å². The fraction of sp³-hybridized carbons (Fsp3) is 0.185. The highest BCUT2D eigenvalue weighted by molar-refractivity contribution is 8.77. The lowest BCUT2D eigenvalue weighted by molar-refractivity contribution is 0.0484. The lowest BCUT2D eigenvalue weighted by Crippen LogP contribution is -2.24. The molecule has 3 aliphatic heterocycles. The predicted molar refractivity (Wildman–Crippen MR) is 135 cm³/mol. The van der Waals surface area contributed by atoms with Crippen molar-refractivity contribution in [2.45, 2.75) is 28.9 Å². The number of fused-ring (bicyclic) bond motifs is 3.